The first kappa shape index (κ1) is 11.4. The number of aliphatic imine (C=N–C) groups is 1. The van der Waals surface area contributed by atoms with E-state index in [2.05, 4.69) is 34.6 Å². The zero-order chi connectivity index (χ0) is 8.93. The molecular formula is C10H13ClN2S. The van der Waals surface area contributed by atoms with Crippen LogP contribution in [0, 0.1) is 0 Å². The molecule has 2 rings (SSSR count). The van der Waals surface area contributed by atoms with Crippen LogP contribution >= 0.6 is 24.2 Å². The molecule has 0 fully saturated rings. The molecule has 0 bridgehead atoms. The maximum atomic E-state index is 4.32. The van der Waals surface area contributed by atoms with Crippen molar-refractivity contribution in [1.82, 2.24) is 5.32 Å². The smallest absolute Gasteiger partial charge is 0.157 e. The molecule has 0 saturated carbocycles. The molecule has 0 spiro atoms. The Balaban J connectivity index is 0.000000980. The van der Waals surface area contributed by atoms with Crippen molar-refractivity contribution in [3.63, 3.8) is 0 Å². The third-order valence-electron chi connectivity index (χ3n) is 1.86. The fourth-order valence-corrected chi connectivity index (χ4v) is 2.08. The van der Waals surface area contributed by atoms with Crippen LogP contribution in [-0.4, -0.2) is 18.3 Å². The predicted molar refractivity (Wildman–Crippen MR) is 65.3 cm³/mol. The normalized spacial score (nSPS) is 14.1. The highest BCUT2D eigenvalue weighted by Gasteiger charge is 2.04. The van der Waals surface area contributed by atoms with Gasteiger partial charge in [-0.1, -0.05) is 42.1 Å². The number of rotatable bonds is 2. The van der Waals surface area contributed by atoms with Crippen LogP contribution in [0.25, 0.3) is 0 Å². The van der Waals surface area contributed by atoms with Gasteiger partial charge in [0.15, 0.2) is 5.17 Å². The first-order chi connectivity index (χ1) is 6.45. The second-order valence-electron chi connectivity index (χ2n) is 2.89. The molecule has 1 aliphatic rings. The average Bonchev–Trinajstić information content (AvgIpc) is 2.69. The highest BCUT2D eigenvalue weighted by Crippen LogP contribution is 2.13. The van der Waals surface area contributed by atoms with Crippen LogP contribution in [-0.2, 0) is 5.75 Å². The monoisotopic (exact) mass is 228 g/mol. The van der Waals surface area contributed by atoms with Gasteiger partial charge >= 0.3 is 0 Å². The van der Waals surface area contributed by atoms with E-state index in [1.54, 1.807) is 11.8 Å². The van der Waals surface area contributed by atoms with Crippen LogP contribution in [0.5, 0.6) is 0 Å². The van der Waals surface area contributed by atoms with Gasteiger partial charge in [-0.05, 0) is 5.56 Å². The van der Waals surface area contributed by atoms with Gasteiger partial charge in [0.1, 0.15) is 0 Å². The average molecular weight is 229 g/mol. The van der Waals surface area contributed by atoms with Gasteiger partial charge < -0.3 is 5.32 Å². The summed E-state index contributed by atoms with van der Waals surface area (Å²) in [7, 11) is 0. The van der Waals surface area contributed by atoms with E-state index in [4.69, 9.17) is 0 Å². The highest BCUT2D eigenvalue weighted by atomic mass is 35.5. The minimum atomic E-state index is 0. The summed E-state index contributed by atoms with van der Waals surface area (Å²) in [5.74, 6) is 1.01. The lowest BCUT2D eigenvalue weighted by Crippen LogP contribution is -2.14. The Morgan fingerprint density at radius 3 is 2.71 bits per heavy atom. The number of amidine groups is 1. The Kier molecular flexibility index (Phi) is 4.84. The van der Waals surface area contributed by atoms with Crippen molar-refractivity contribution in [2.24, 2.45) is 4.99 Å². The second kappa shape index (κ2) is 5.94. The van der Waals surface area contributed by atoms with Gasteiger partial charge in [0.25, 0.3) is 0 Å². The van der Waals surface area contributed by atoms with Gasteiger partial charge in [0.05, 0.1) is 6.54 Å². The van der Waals surface area contributed by atoms with E-state index in [-0.39, 0.29) is 12.4 Å². The number of benzene rings is 1. The van der Waals surface area contributed by atoms with Gasteiger partial charge in [-0.15, -0.1) is 12.4 Å². The van der Waals surface area contributed by atoms with Crippen LogP contribution in [0.4, 0.5) is 0 Å². The fraction of sp³-hybridized carbons (Fsp3) is 0.300. The van der Waals surface area contributed by atoms with E-state index >= 15 is 0 Å². The second-order valence-corrected chi connectivity index (χ2v) is 3.85. The quantitative estimate of drug-likeness (QED) is 0.840. The summed E-state index contributed by atoms with van der Waals surface area (Å²) < 4.78 is 0. The van der Waals surface area contributed by atoms with E-state index in [0.29, 0.717) is 0 Å². The molecule has 0 aliphatic carbocycles. The summed E-state index contributed by atoms with van der Waals surface area (Å²) in [6.07, 6.45) is 0. The first-order valence-corrected chi connectivity index (χ1v) is 5.39. The van der Waals surface area contributed by atoms with Crippen LogP contribution in [0.15, 0.2) is 35.3 Å². The fourth-order valence-electron chi connectivity index (χ4n) is 1.20. The minimum Gasteiger partial charge on any atom is -0.363 e. The highest BCUT2D eigenvalue weighted by molar-refractivity contribution is 8.13. The van der Waals surface area contributed by atoms with Crippen molar-refractivity contribution in [3.8, 4) is 0 Å². The third kappa shape index (κ3) is 3.24. The van der Waals surface area contributed by atoms with Crippen molar-refractivity contribution in [1.29, 1.82) is 0 Å². The van der Waals surface area contributed by atoms with Crippen LogP contribution in [0.2, 0.25) is 0 Å². The maximum Gasteiger partial charge on any atom is 0.157 e. The molecule has 0 saturated heterocycles. The molecule has 0 atom stereocenters. The van der Waals surface area contributed by atoms with Gasteiger partial charge in [-0.25, -0.2) is 0 Å². The molecule has 4 heteroatoms. The van der Waals surface area contributed by atoms with Gasteiger partial charge in [-0.2, -0.15) is 0 Å². The van der Waals surface area contributed by atoms with Crippen molar-refractivity contribution in [3.05, 3.63) is 35.9 Å². The molecule has 1 aliphatic heterocycles. The van der Waals surface area contributed by atoms with Crippen molar-refractivity contribution in [2.45, 2.75) is 5.75 Å². The molecule has 2 nitrogen and oxygen atoms in total. The molecule has 1 heterocycles. The summed E-state index contributed by atoms with van der Waals surface area (Å²) in [6.45, 7) is 1.92. The summed E-state index contributed by atoms with van der Waals surface area (Å²) in [5, 5.41) is 4.33. The lowest BCUT2D eigenvalue weighted by atomic mass is 10.2. The Labute approximate surface area is 94.6 Å². The number of hydrogen-bond donors (Lipinski definition) is 1. The standard InChI is InChI=1S/C10H12N2S.ClH/c1-2-4-9(5-3-1)8-13-10-11-6-7-12-10;/h1-5H,6-8H2,(H,11,12);1H. The molecule has 0 unspecified atom stereocenters. The van der Waals surface area contributed by atoms with Crippen molar-refractivity contribution >= 4 is 29.3 Å². The molecular weight excluding hydrogens is 216 g/mol. The van der Waals surface area contributed by atoms with Gasteiger partial charge in [0.2, 0.25) is 0 Å². The summed E-state index contributed by atoms with van der Waals surface area (Å²) in [6, 6.07) is 10.5. The number of hydrogen-bond acceptors (Lipinski definition) is 3. The van der Waals surface area contributed by atoms with Crippen molar-refractivity contribution < 1.29 is 0 Å². The van der Waals surface area contributed by atoms with E-state index in [1.807, 2.05) is 6.07 Å². The first-order valence-electron chi connectivity index (χ1n) is 4.40. The molecule has 1 aromatic carbocycles. The molecule has 0 amide bonds. The van der Waals surface area contributed by atoms with E-state index in [1.165, 1.54) is 5.56 Å². The van der Waals surface area contributed by atoms with E-state index in [0.717, 1.165) is 24.0 Å². The lowest BCUT2D eigenvalue weighted by molar-refractivity contribution is 0.963. The zero-order valence-corrected chi connectivity index (χ0v) is 9.40. The maximum absolute atomic E-state index is 4.32. The number of halogens is 1. The van der Waals surface area contributed by atoms with E-state index < -0.39 is 0 Å². The van der Waals surface area contributed by atoms with E-state index in [9.17, 15) is 0 Å². The molecule has 14 heavy (non-hydrogen) atoms. The van der Waals surface area contributed by atoms with Crippen molar-refractivity contribution in [2.75, 3.05) is 13.1 Å². The van der Waals surface area contributed by atoms with Gasteiger partial charge in [-0.3, -0.25) is 4.99 Å². The van der Waals surface area contributed by atoms with Crippen LogP contribution in [0.3, 0.4) is 0 Å². The summed E-state index contributed by atoms with van der Waals surface area (Å²) in [4.78, 5) is 4.32. The molecule has 0 aromatic heterocycles. The largest absolute Gasteiger partial charge is 0.363 e. The Morgan fingerprint density at radius 2 is 2.07 bits per heavy atom. The molecule has 1 aromatic rings. The SMILES string of the molecule is Cl.c1ccc(CSC2=NCCN2)cc1. The third-order valence-corrected chi connectivity index (χ3v) is 2.89. The van der Waals surface area contributed by atoms with Crippen LogP contribution in [0.1, 0.15) is 5.56 Å². The molecule has 1 N–H and O–H groups in total. The molecule has 76 valence electrons. The number of nitrogens with one attached hydrogen (secondary N) is 1. The Bertz CT molecular complexity index is 300. The van der Waals surface area contributed by atoms with Gasteiger partial charge in [0, 0.05) is 12.3 Å². The van der Waals surface area contributed by atoms with Crippen LogP contribution < -0.4 is 5.32 Å². The zero-order valence-electron chi connectivity index (χ0n) is 7.77. The molecule has 0 radical (unpaired) electrons. The number of thioether (sulfide) groups is 1. The predicted octanol–water partition coefficient (Wildman–Crippen LogP) is 2.30. The summed E-state index contributed by atoms with van der Waals surface area (Å²) in [5.41, 5.74) is 1.35. The Morgan fingerprint density at radius 1 is 1.29 bits per heavy atom. The summed E-state index contributed by atoms with van der Waals surface area (Å²) >= 11 is 1.78. The number of nitrogens with zero attached hydrogens (tertiary/aromatic N) is 1. The minimum absolute atomic E-state index is 0. The lowest BCUT2D eigenvalue weighted by Gasteiger charge is -2.01. The Hall–Kier alpha value is -0.670. The topological polar surface area (TPSA) is 24.4 Å².